The first-order valence-electron chi connectivity index (χ1n) is 6.33. The maximum atomic E-state index is 12.5. The summed E-state index contributed by atoms with van der Waals surface area (Å²) in [4.78, 5) is 10.4. The highest BCUT2D eigenvalue weighted by molar-refractivity contribution is 7.90. The fourth-order valence-electron chi connectivity index (χ4n) is 2.26. The molecule has 0 saturated carbocycles. The lowest BCUT2D eigenvalue weighted by molar-refractivity contribution is -0.112. The van der Waals surface area contributed by atoms with Crippen molar-refractivity contribution in [2.45, 2.75) is 22.6 Å². The van der Waals surface area contributed by atoms with Crippen LogP contribution in [-0.2, 0) is 24.8 Å². The molecule has 7 nitrogen and oxygen atoms in total. The quantitative estimate of drug-likeness (QED) is 0.775. The van der Waals surface area contributed by atoms with Gasteiger partial charge in [-0.25, -0.2) is 22.0 Å². The molecule has 1 aromatic carbocycles. The van der Waals surface area contributed by atoms with Crippen LogP contribution >= 0.6 is 0 Å². The van der Waals surface area contributed by atoms with Crippen LogP contribution in [0.3, 0.4) is 0 Å². The summed E-state index contributed by atoms with van der Waals surface area (Å²) >= 11 is 0. The molecule has 21 heavy (non-hydrogen) atoms. The van der Waals surface area contributed by atoms with E-state index < -0.39 is 20.0 Å². The Labute approximate surface area is 123 Å². The summed E-state index contributed by atoms with van der Waals surface area (Å²) in [6.07, 6.45) is 2.01. The zero-order valence-electron chi connectivity index (χ0n) is 11.2. The Morgan fingerprint density at radius 1 is 1.19 bits per heavy atom. The Hall–Kier alpha value is -1.29. The monoisotopic (exact) mass is 332 g/mol. The summed E-state index contributed by atoms with van der Waals surface area (Å²) < 4.78 is 48.8. The van der Waals surface area contributed by atoms with Gasteiger partial charge in [0.25, 0.3) is 0 Å². The first kappa shape index (κ1) is 16.1. The molecule has 0 radical (unpaired) electrons. The van der Waals surface area contributed by atoms with Gasteiger partial charge in [0.1, 0.15) is 6.29 Å². The highest BCUT2D eigenvalue weighted by Crippen LogP contribution is 2.24. The Balaban J connectivity index is 2.38. The van der Waals surface area contributed by atoms with Crippen LogP contribution in [0, 0.1) is 5.92 Å². The number of carbonyl (C=O) groups excluding carboxylic acids is 1. The lowest BCUT2D eigenvalue weighted by atomic mass is 10.0. The molecule has 0 spiro atoms. The van der Waals surface area contributed by atoms with Gasteiger partial charge >= 0.3 is 0 Å². The lowest BCUT2D eigenvalue weighted by Gasteiger charge is -2.29. The molecule has 1 fully saturated rings. The van der Waals surface area contributed by atoms with Crippen LogP contribution in [0.1, 0.15) is 12.8 Å². The van der Waals surface area contributed by atoms with Crippen LogP contribution in [0.5, 0.6) is 0 Å². The first-order valence-corrected chi connectivity index (χ1v) is 9.32. The molecule has 1 unspecified atom stereocenters. The molecule has 9 heteroatoms. The standard InChI is InChI=1S/C12H16N2O5S2/c13-20(16,17)11-4-1-5-12(7-11)21(18,19)14-6-2-3-10(8-14)9-15/h1,4-5,7,9-10H,2-3,6,8H2,(H2,13,16,17). The van der Waals surface area contributed by atoms with Gasteiger partial charge in [0.2, 0.25) is 20.0 Å². The van der Waals surface area contributed by atoms with E-state index in [1.165, 1.54) is 22.5 Å². The minimum absolute atomic E-state index is 0.117. The van der Waals surface area contributed by atoms with Crippen LogP contribution in [0.15, 0.2) is 34.1 Å². The van der Waals surface area contributed by atoms with Gasteiger partial charge in [0.15, 0.2) is 0 Å². The Bertz CT molecular complexity index is 743. The largest absolute Gasteiger partial charge is 0.303 e. The van der Waals surface area contributed by atoms with Gasteiger partial charge < -0.3 is 4.79 Å². The van der Waals surface area contributed by atoms with E-state index in [-0.39, 0.29) is 22.3 Å². The molecule has 1 heterocycles. The van der Waals surface area contributed by atoms with E-state index in [0.717, 1.165) is 12.4 Å². The van der Waals surface area contributed by atoms with Crippen LogP contribution in [0.2, 0.25) is 0 Å². The molecule has 1 aromatic rings. The van der Waals surface area contributed by atoms with Crippen molar-refractivity contribution in [2.75, 3.05) is 13.1 Å². The van der Waals surface area contributed by atoms with Crippen LogP contribution in [-0.4, -0.2) is 40.5 Å². The maximum absolute atomic E-state index is 12.5. The van der Waals surface area contributed by atoms with E-state index in [9.17, 15) is 21.6 Å². The van der Waals surface area contributed by atoms with E-state index in [4.69, 9.17) is 5.14 Å². The van der Waals surface area contributed by atoms with Crippen molar-refractivity contribution in [3.63, 3.8) is 0 Å². The van der Waals surface area contributed by atoms with E-state index in [1.54, 1.807) is 0 Å². The van der Waals surface area contributed by atoms with Crippen LogP contribution in [0.25, 0.3) is 0 Å². The fourth-order valence-corrected chi connectivity index (χ4v) is 4.48. The molecule has 1 atom stereocenters. The average Bonchev–Trinajstić information content (AvgIpc) is 2.46. The number of piperidine rings is 1. The van der Waals surface area contributed by atoms with Gasteiger partial charge in [-0.3, -0.25) is 0 Å². The predicted octanol–water partition coefficient (Wildman–Crippen LogP) is -0.0664. The normalized spacial score (nSPS) is 21.1. The number of rotatable bonds is 4. The third-order valence-electron chi connectivity index (χ3n) is 3.38. The minimum Gasteiger partial charge on any atom is -0.303 e. The SMILES string of the molecule is NS(=O)(=O)c1cccc(S(=O)(=O)N2CCCC(C=O)C2)c1. The zero-order valence-corrected chi connectivity index (χ0v) is 12.8. The molecule has 1 aliphatic heterocycles. The molecular weight excluding hydrogens is 316 g/mol. The molecule has 2 N–H and O–H groups in total. The second-order valence-electron chi connectivity index (χ2n) is 4.92. The Kier molecular flexibility index (Phi) is 4.47. The predicted molar refractivity (Wildman–Crippen MR) is 75.4 cm³/mol. The second kappa shape index (κ2) is 5.84. The number of hydrogen-bond acceptors (Lipinski definition) is 5. The zero-order chi connectivity index (χ0) is 15.7. The van der Waals surface area contributed by atoms with Gasteiger partial charge in [0.05, 0.1) is 9.79 Å². The smallest absolute Gasteiger partial charge is 0.243 e. The summed E-state index contributed by atoms with van der Waals surface area (Å²) in [5.41, 5.74) is 0. The van der Waals surface area contributed by atoms with Gasteiger partial charge in [-0.05, 0) is 31.0 Å². The molecule has 0 amide bonds. The van der Waals surface area contributed by atoms with Crippen molar-refractivity contribution in [3.8, 4) is 0 Å². The molecular formula is C12H16N2O5S2. The highest BCUT2D eigenvalue weighted by Gasteiger charge is 2.30. The summed E-state index contributed by atoms with van der Waals surface area (Å²) in [5.74, 6) is -0.324. The van der Waals surface area contributed by atoms with Crippen molar-refractivity contribution < 1.29 is 21.6 Å². The van der Waals surface area contributed by atoms with Crippen molar-refractivity contribution in [2.24, 2.45) is 11.1 Å². The topological polar surface area (TPSA) is 115 Å². The van der Waals surface area contributed by atoms with Crippen LogP contribution < -0.4 is 5.14 Å². The first-order chi connectivity index (χ1) is 9.75. The number of nitrogens with zero attached hydrogens (tertiary/aromatic N) is 1. The van der Waals surface area contributed by atoms with E-state index in [1.807, 2.05) is 0 Å². The minimum atomic E-state index is -3.97. The maximum Gasteiger partial charge on any atom is 0.243 e. The molecule has 116 valence electrons. The summed E-state index contributed by atoms with van der Waals surface area (Å²) in [6, 6.07) is 4.91. The van der Waals surface area contributed by atoms with Crippen LogP contribution in [0.4, 0.5) is 0 Å². The van der Waals surface area contributed by atoms with E-state index in [2.05, 4.69) is 0 Å². The summed E-state index contributed by atoms with van der Waals surface area (Å²) in [6.45, 7) is 0.428. The molecule has 2 rings (SSSR count). The number of benzene rings is 1. The Morgan fingerprint density at radius 2 is 1.86 bits per heavy atom. The molecule has 0 bridgehead atoms. The summed E-state index contributed by atoms with van der Waals surface area (Å²) in [5, 5.41) is 5.01. The number of aldehydes is 1. The second-order valence-corrected chi connectivity index (χ2v) is 8.42. The van der Waals surface area contributed by atoms with E-state index >= 15 is 0 Å². The average molecular weight is 332 g/mol. The Morgan fingerprint density at radius 3 is 2.48 bits per heavy atom. The third-order valence-corrected chi connectivity index (χ3v) is 6.16. The fraction of sp³-hybridized carbons (Fsp3) is 0.417. The summed E-state index contributed by atoms with van der Waals surface area (Å²) in [7, 11) is -7.80. The van der Waals surface area contributed by atoms with Crippen molar-refractivity contribution >= 4 is 26.3 Å². The van der Waals surface area contributed by atoms with Gasteiger partial charge in [-0.2, -0.15) is 4.31 Å². The number of sulfonamides is 2. The number of carbonyl (C=O) groups is 1. The van der Waals surface area contributed by atoms with E-state index in [0.29, 0.717) is 19.4 Å². The van der Waals surface area contributed by atoms with Gasteiger partial charge in [-0.1, -0.05) is 6.07 Å². The molecule has 0 aliphatic carbocycles. The number of hydrogen-bond donors (Lipinski definition) is 1. The third kappa shape index (κ3) is 3.49. The number of primary sulfonamides is 1. The van der Waals surface area contributed by atoms with Crippen molar-refractivity contribution in [1.29, 1.82) is 0 Å². The number of nitrogens with two attached hydrogens (primary N) is 1. The van der Waals surface area contributed by atoms with Gasteiger partial charge in [-0.15, -0.1) is 0 Å². The van der Waals surface area contributed by atoms with Crippen molar-refractivity contribution in [3.05, 3.63) is 24.3 Å². The molecule has 1 saturated heterocycles. The molecule has 0 aromatic heterocycles. The molecule has 1 aliphatic rings. The lowest BCUT2D eigenvalue weighted by Crippen LogP contribution is -2.40. The highest BCUT2D eigenvalue weighted by atomic mass is 32.2. The van der Waals surface area contributed by atoms with Crippen molar-refractivity contribution in [1.82, 2.24) is 4.31 Å². The van der Waals surface area contributed by atoms with Gasteiger partial charge in [0, 0.05) is 19.0 Å².